The number of aliphatic hydroxyl groups is 1. The monoisotopic (exact) mass is 362 g/mol. The van der Waals surface area contributed by atoms with Crippen molar-refractivity contribution >= 4 is 5.82 Å². The second-order valence-corrected chi connectivity index (χ2v) is 6.91. The predicted molar refractivity (Wildman–Crippen MR) is 90.6 cm³/mol. The predicted octanol–water partition coefficient (Wildman–Crippen LogP) is 2.77. The first-order valence-corrected chi connectivity index (χ1v) is 8.73. The van der Waals surface area contributed by atoms with Crippen LogP contribution in [0.15, 0.2) is 18.3 Å². The Bertz CT molecular complexity index is 821. The van der Waals surface area contributed by atoms with E-state index in [0.717, 1.165) is 18.5 Å². The Labute approximate surface area is 149 Å². The molecule has 2 aromatic heterocycles. The largest absolute Gasteiger partial charge is 0.431 e. The van der Waals surface area contributed by atoms with E-state index in [0.29, 0.717) is 41.3 Å². The second-order valence-electron chi connectivity index (χ2n) is 6.91. The second kappa shape index (κ2) is 6.42. The molecule has 0 aromatic carbocycles. The number of fused-ring (bicyclic) bond motifs is 1. The normalized spacial score (nSPS) is 26.8. The molecule has 0 spiro atoms. The molecule has 2 heterocycles. The molecule has 0 aliphatic heterocycles. The molecule has 138 valence electrons. The van der Waals surface area contributed by atoms with Gasteiger partial charge in [0.25, 0.3) is 0 Å². The lowest BCUT2D eigenvalue weighted by Crippen LogP contribution is -2.08. The van der Waals surface area contributed by atoms with Crippen molar-refractivity contribution in [3.05, 3.63) is 29.8 Å². The summed E-state index contributed by atoms with van der Waals surface area (Å²) in [5, 5.41) is 9.73. The first kappa shape index (κ1) is 17.1. The van der Waals surface area contributed by atoms with Gasteiger partial charge in [-0.1, -0.05) is 6.92 Å². The van der Waals surface area contributed by atoms with Crippen LogP contribution in [-0.4, -0.2) is 32.8 Å². The van der Waals surface area contributed by atoms with Crippen molar-refractivity contribution in [2.45, 2.75) is 44.8 Å². The number of hydrogen-bond donors (Lipinski definition) is 2. The van der Waals surface area contributed by atoms with Crippen molar-refractivity contribution in [2.24, 2.45) is 11.8 Å². The number of alkyl halides is 2. The molecule has 26 heavy (non-hydrogen) atoms. The Morgan fingerprint density at radius 3 is 2.65 bits per heavy atom. The van der Waals surface area contributed by atoms with Crippen LogP contribution in [0, 0.1) is 11.8 Å². The van der Waals surface area contributed by atoms with E-state index in [1.165, 1.54) is 12.3 Å². The van der Waals surface area contributed by atoms with E-state index in [2.05, 4.69) is 19.7 Å². The minimum atomic E-state index is -2.97. The average molecular weight is 362 g/mol. The molecule has 0 saturated heterocycles. The van der Waals surface area contributed by atoms with Crippen LogP contribution in [0.1, 0.15) is 37.2 Å². The lowest BCUT2D eigenvalue weighted by atomic mass is 10.0. The summed E-state index contributed by atoms with van der Waals surface area (Å²) in [6, 6.07) is 3.31. The molecule has 2 saturated carbocycles. The summed E-state index contributed by atoms with van der Waals surface area (Å²) in [5.74, 6) is 1.71. The van der Waals surface area contributed by atoms with Crippen molar-refractivity contribution in [1.29, 1.82) is 0 Å². The fourth-order valence-corrected chi connectivity index (χ4v) is 4.03. The Morgan fingerprint density at radius 2 is 2.00 bits per heavy atom. The topological polar surface area (TPSA) is 94.2 Å². The Balaban J connectivity index is 1.68. The minimum Gasteiger partial charge on any atom is -0.431 e. The van der Waals surface area contributed by atoms with Crippen molar-refractivity contribution in [2.75, 3.05) is 5.73 Å². The SMILES string of the molecule is CCc1nc(-c2cnc(N)c(OC(F)F)c2)cc(C2[C@H]3CC(O)C[C@@H]23)n1. The molecule has 2 aliphatic carbocycles. The summed E-state index contributed by atoms with van der Waals surface area (Å²) in [7, 11) is 0. The molecule has 2 aromatic rings. The van der Waals surface area contributed by atoms with E-state index in [4.69, 9.17) is 5.73 Å². The van der Waals surface area contributed by atoms with E-state index in [-0.39, 0.29) is 17.7 Å². The fourth-order valence-electron chi connectivity index (χ4n) is 4.03. The number of aromatic nitrogens is 3. The van der Waals surface area contributed by atoms with Crippen LogP contribution in [0.4, 0.5) is 14.6 Å². The molecule has 8 heteroatoms. The van der Waals surface area contributed by atoms with Gasteiger partial charge in [0.05, 0.1) is 11.8 Å². The fraction of sp³-hybridized carbons (Fsp3) is 0.500. The van der Waals surface area contributed by atoms with Crippen molar-refractivity contribution in [3.8, 4) is 17.0 Å². The van der Waals surface area contributed by atoms with Crippen LogP contribution in [-0.2, 0) is 6.42 Å². The number of hydrogen-bond acceptors (Lipinski definition) is 6. The summed E-state index contributed by atoms with van der Waals surface area (Å²) < 4.78 is 29.5. The summed E-state index contributed by atoms with van der Waals surface area (Å²) in [6.45, 7) is -1.01. The van der Waals surface area contributed by atoms with Gasteiger partial charge in [0.15, 0.2) is 11.6 Å². The number of aryl methyl sites for hydroxylation is 1. The van der Waals surface area contributed by atoms with Crippen LogP contribution < -0.4 is 10.5 Å². The Kier molecular flexibility index (Phi) is 4.22. The van der Waals surface area contributed by atoms with Crippen molar-refractivity contribution in [1.82, 2.24) is 15.0 Å². The first-order chi connectivity index (χ1) is 12.5. The molecular formula is C18H20F2N4O2. The molecule has 4 rings (SSSR count). The van der Waals surface area contributed by atoms with Gasteiger partial charge in [0, 0.05) is 29.8 Å². The number of halogens is 2. The molecular weight excluding hydrogens is 342 g/mol. The van der Waals surface area contributed by atoms with E-state index in [1.54, 1.807) is 0 Å². The lowest BCUT2D eigenvalue weighted by Gasteiger charge is -2.12. The summed E-state index contributed by atoms with van der Waals surface area (Å²) in [5.41, 5.74) is 7.72. The van der Waals surface area contributed by atoms with Crippen LogP contribution in [0.25, 0.3) is 11.3 Å². The third-order valence-corrected chi connectivity index (χ3v) is 5.26. The number of anilines is 1. The highest BCUT2D eigenvalue weighted by atomic mass is 19.3. The van der Waals surface area contributed by atoms with Crippen molar-refractivity contribution < 1.29 is 18.6 Å². The van der Waals surface area contributed by atoms with E-state index in [1.807, 2.05) is 13.0 Å². The summed E-state index contributed by atoms with van der Waals surface area (Å²) >= 11 is 0. The summed E-state index contributed by atoms with van der Waals surface area (Å²) in [4.78, 5) is 13.1. The molecule has 2 unspecified atom stereocenters. The number of nitrogens with zero attached hydrogens (tertiary/aromatic N) is 3. The molecule has 6 nitrogen and oxygen atoms in total. The third-order valence-electron chi connectivity index (χ3n) is 5.26. The van der Waals surface area contributed by atoms with Gasteiger partial charge in [-0.15, -0.1) is 0 Å². The van der Waals surface area contributed by atoms with Gasteiger partial charge in [0.2, 0.25) is 0 Å². The first-order valence-electron chi connectivity index (χ1n) is 8.73. The van der Waals surface area contributed by atoms with Gasteiger partial charge in [-0.25, -0.2) is 15.0 Å². The zero-order valence-corrected chi connectivity index (χ0v) is 14.3. The number of pyridine rings is 1. The van der Waals surface area contributed by atoms with Gasteiger partial charge in [0.1, 0.15) is 5.82 Å². The molecule has 0 bridgehead atoms. The van der Waals surface area contributed by atoms with E-state index < -0.39 is 6.61 Å². The third kappa shape index (κ3) is 3.09. The van der Waals surface area contributed by atoms with Gasteiger partial charge >= 0.3 is 6.61 Å². The molecule has 0 radical (unpaired) electrons. The van der Waals surface area contributed by atoms with E-state index in [9.17, 15) is 13.9 Å². The summed E-state index contributed by atoms with van der Waals surface area (Å²) in [6.07, 6.45) is 3.58. The highest BCUT2D eigenvalue weighted by Crippen LogP contribution is 2.62. The maximum atomic E-state index is 12.5. The van der Waals surface area contributed by atoms with Gasteiger partial charge in [-0.2, -0.15) is 8.78 Å². The zero-order valence-electron chi connectivity index (χ0n) is 14.3. The number of nitrogens with two attached hydrogens (primary N) is 1. The minimum absolute atomic E-state index is 0.0928. The molecule has 3 N–H and O–H groups in total. The van der Waals surface area contributed by atoms with Gasteiger partial charge in [-0.3, -0.25) is 0 Å². The molecule has 2 fully saturated rings. The molecule has 0 amide bonds. The maximum Gasteiger partial charge on any atom is 0.387 e. The number of ether oxygens (including phenoxy) is 1. The van der Waals surface area contributed by atoms with Crippen LogP contribution >= 0.6 is 0 Å². The number of rotatable bonds is 5. The highest BCUT2D eigenvalue weighted by Gasteiger charge is 2.57. The van der Waals surface area contributed by atoms with E-state index >= 15 is 0 Å². The molecule has 4 atom stereocenters. The Morgan fingerprint density at radius 1 is 1.27 bits per heavy atom. The number of aliphatic hydroxyl groups excluding tert-OH is 1. The Hall–Kier alpha value is -2.35. The quantitative estimate of drug-likeness (QED) is 0.849. The maximum absolute atomic E-state index is 12.5. The number of nitrogen functional groups attached to an aromatic ring is 1. The van der Waals surface area contributed by atoms with Gasteiger partial charge < -0.3 is 15.6 Å². The van der Waals surface area contributed by atoms with Crippen LogP contribution in [0.2, 0.25) is 0 Å². The average Bonchev–Trinajstić information content (AvgIpc) is 3.12. The van der Waals surface area contributed by atoms with Gasteiger partial charge in [-0.05, 0) is 36.8 Å². The molecule has 2 aliphatic rings. The standard InChI is InChI=1S/C18H20F2N4O2/c1-2-15-23-12(8-3-14(26-18(19)20)17(21)22-7-8)6-13(24-15)16-10-4-9(25)5-11(10)16/h3,6-7,9-11,16,18,25H,2,4-5H2,1H3,(H2,21,22)/t9?,10-,11+,16?. The lowest BCUT2D eigenvalue weighted by molar-refractivity contribution is -0.0494. The highest BCUT2D eigenvalue weighted by molar-refractivity contribution is 5.64. The zero-order chi connectivity index (χ0) is 18.4. The smallest absolute Gasteiger partial charge is 0.387 e. The van der Waals surface area contributed by atoms with Crippen molar-refractivity contribution in [3.63, 3.8) is 0 Å². The van der Waals surface area contributed by atoms with Crippen LogP contribution in [0.5, 0.6) is 5.75 Å². The van der Waals surface area contributed by atoms with Crippen LogP contribution in [0.3, 0.4) is 0 Å².